The van der Waals surface area contributed by atoms with Crippen LogP contribution in [0.5, 0.6) is 0 Å². The zero-order valence-electron chi connectivity index (χ0n) is 35.9. The lowest BCUT2D eigenvalue weighted by Gasteiger charge is -2.20. The maximum Gasteiger partial charge on any atom is 0.472 e. The van der Waals surface area contributed by atoms with E-state index in [1.54, 1.807) is 0 Å². The lowest BCUT2D eigenvalue weighted by atomic mass is 10.0. The summed E-state index contributed by atoms with van der Waals surface area (Å²) in [6.07, 6.45) is 43.2. The molecule has 9 nitrogen and oxygen atoms in total. The summed E-state index contributed by atoms with van der Waals surface area (Å²) in [4.78, 5) is 22.6. The third-order valence-electron chi connectivity index (χ3n) is 10.2. The van der Waals surface area contributed by atoms with Crippen LogP contribution in [-0.2, 0) is 27.9 Å². The summed E-state index contributed by atoms with van der Waals surface area (Å²) in [6.45, 7) is 3.53. The highest BCUT2D eigenvalue weighted by Gasteiger charge is 2.26. The van der Waals surface area contributed by atoms with Crippen LogP contribution in [-0.4, -0.2) is 66.3 Å². The zero-order valence-corrected chi connectivity index (χ0v) is 36.8. The Morgan fingerprint density at radius 2 is 0.927 bits per heavy atom. The van der Waals surface area contributed by atoms with E-state index in [1.807, 2.05) is 0 Å². The predicted molar refractivity (Wildman–Crippen MR) is 228 cm³/mol. The Morgan fingerprint density at radius 1 is 0.545 bits per heavy atom. The monoisotopic (exact) mass is 805 g/mol. The second-order valence-electron chi connectivity index (χ2n) is 15.8. The van der Waals surface area contributed by atoms with E-state index < -0.39 is 33.2 Å². The van der Waals surface area contributed by atoms with Crippen molar-refractivity contribution in [2.45, 2.75) is 238 Å². The molecule has 0 amide bonds. The summed E-state index contributed by atoms with van der Waals surface area (Å²) in [6, 6.07) is 0. The third-order valence-corrected chi connectivity index (χ3v) is 11.2. The van der Waals surface area contributed by atoms with Crippen LogP contribution in [0.1, 0.15) is 226 Å². The van der Waals surface area contributed by atoms with Crippen LogP contribution in [0.15, 0.2) is 12.2 Å². The Balaban J connectivity index is 4.05. The van der Waals surface area contributed by atoms with E-state index >= 15 is 0 Å². The second-order valence-corrected chi connectivity index (χ2v) is 17.2. The van der Waals surface area contributed by atoms with Crippen molar-refractivity contribution in [3.63, 3.8) is 0 Å². The van der Waals surface area contributed by atoms with E-state index in [2.05, 4.69) is 26.0 Å². The molecule has 0 rings (SSSR count). The maximum atomic E-state index is 12.6. The zero-order chi connectivity index (χ0) is 40.3. The highest BCUT2D eigenvalue weighted by molar-refractivity contribution is 7.47. The highest BCUT2D eigenvalue weighted by Crippen LogP contribution is 2.43. The van der Waals surface area contributed by atoms with Crippen LogP contribution in [0, 0.1) is 0 Å². The molecule has 0 spiro atoms. The van der Waals surface area contributed by atoms with Gasteiger partial charge in [-0.25, -0.2) is 4.57 Å². The molecule has 3 N–H and O–H groups in total. The molecule has 328 valence electrons. The van der Waals surface area contributed by atoms with E-state index in [9.17, 15) is 19.4 Å². The molecule has 0 aliphatic heterocycles. The molecule has 0 saturated carbocycles. The van der Waals surface area contributed by atoms with E-state index in [-0.39, 0.29) is 25.6 Å². The number of aliphatic hydroxyl groups excluding tert-OH is 2. The summed E-state index contributed by atoms with van der Waals surface area (Å²) in [7, 11) is -4.51. The average molecular weight is 805 g/mol. The molecule has 0 bridgehead atoms. The van der Waals surface area contributed by atoms with Gasteiger partial charge in [0.25, 0.3) is 0 Å². The molecule has 0 aromatic carbocycles. The number of hydrogen-bond donors (Lipinski definition) is 3. The van der Waals surface area contributed by atoms with E-state index in [0.29, 0.717) is 6.61 Å². The molecule has 3 atom stereocenters. The number of ether oxygens (including phenoxy) is 2. The molecule has 0 saturated heterocycles. The number of hydrogen-bond acceptors (Lipinski definition) is 8. The van der Waals surface area contributed by atoms with Crippen molar-refractivity contribution in [1.82, 2.24) is 0 Å². The summed E-state index contributed by atoms with van der Waals surface area (Å²) >= 11 is 0. The van der Waals surface area contributed by atoms with Crippen LogP contribution in [0.25, 0.3) is 0 Å². The first-order valence-electron chi connectivity index (χ1n) is 23.2. The molecule has 0 aliphatic rings. The van der Waals surface area contributed by atoms with Gasteiger partial charge in [0.15, 0.2) is 0 Å². The van der Waals surface area contributed by atoms with E-state index in [0.717, 1.165) is 44.9 Å². The molecule has 0 aromatic rings. The number of phosphoric acid groups is 1. The van der Waals surface area contributed by atoms with Gasteiger partial charge in [0.2, 0.25) is 0 Å². The summed E-state index contributed by atoms with van der Waals surface area (Å²) in [5, 5.41) is 18.4. The van der Waals surface area contributed by atoms with E-state index in [4.69, 9.17) is 23.6 Å². The number of esters is 1. The topological polar surface area (TPSA) is 132 Å². The van der Waals surface area contributed by atoms with Crippen LogP contribution in [0.4, 0.5) is 0 Å². The van der Waals surface area contributed by atoms with Gasteiger partial charge >= 0.3 is 13.8 Å². The fourth-order valence-corrected chi connectivity index (χ4v) is 7.44. The molecule has 0 heterocycles. The molecule has 3 unspecified atom stereocenters. The number of carbonyl (C=O) groups is 1. The number of rotatable bonds is 45. The smallest absolute Gasteiger partial charge is 0.457 e. The minimum Gasteiger partial charge on any atom is -0.457 e. The Morgan fingerprint density at radius 3 is 1.40 bits per heavy atom. The molecule has 55 heavy (non-hydrogen) atoms. The van der Waals surface area contributed by atoms with Gasteiger partial charge in [0, 0.05) is 13.0 Å². The number of phosphoric ester groups is 1. The first-order chi connectivity index (χ1) is 26.8. The van der Waals surface area contributed by atoms with Gasteiger partial charge in [-0.3, -0.25) is 13.8 Å². The molecule has 0 aliphatic carbocycles. The van der Waals surface area contributed by atoms with Crippen molar-refractivity contribution in [3.8, 4) is 0 Å². The van der Waals surface area contributed by atoms with Crippen LogP contribution >= 0.6 is 7.82 Å². The van der Waals surface area contributed by atoms with Crippen molar-refractivity contribution < 1.29 is 43.0 Å². The van der Waals surface area contributed by atoms with Crippen molar-refractivity contribution in [2.75, 3.05) is 33.0 Å². The average Bonchev–Trinajstić information content (AvgIpc) is 3.18. The Bertz CT molecular complexity index is 871. The van der Waals surface area contributed by atoms with Crippen molar-refractivity contribution in [2.24, 2.45) is 0 Å². The van der Waals surface area contributed by atoms with Gasteiger partial charge in [-0.15, -0.1) is 0 Å². The summed E-state index contributed by atoms with van der Waals surface area (Å²) in [5.41, 5.74) is 0. The van der Waals surface area contributed by atoms with E-state index in [1.165, 1.54) is 161 Å². The molecular weight excluding hydrogens is 715 g/mol. The first-order valence-corrected chi connectivity index (χ1v) is 24.7. The van der Waals surface area contributed by atoms with Gasteiger partial charge in [0.1, 0.15) is 12.2 Å². The molecule has 0 fully saturated rings. The first kappa shape index (κ1) is 54.2. The summed E-state index contributed by atoms with van der Waals surface area (Å²) < 4.78 is 33.4. The van der Waals surface area contributed by atoms with Gasteiger partial charge < -0.3 is 24.6 Å². The normalized spacial score (nSPS) is 14.1. The number of unbranched alkanes of at least 4 members (excludes halogenated alkanes) is 29. The maximum absolute atomic E-state index is 12.6. The molecule has 10 heteroatoms. The fraction of sp³-hybridized carbons (Fsp3) is 0.933. The van der Waals surface area contributed by atoms with Gasteiger partial charge in [-0.05, 0) is 38.5 Å². The highest BCUT2D eigenvalue weighted by atomic mass is 31.2. The Hall–Kier alpha value is -0.800. The predicted octanol–water partition coefficient (Wildman–Crippen LogP) is 12.9. The summed E-state index contributed by atoms with van der Waals surface area (Å²) in [5.74, 6) is -0.379. The van der Waals surface area contributed by atoms with Gasteiger partial charge in [-0.1, -0.05) is 193 Å². The minimum absolute atomic E-state index is 0.0505. The van der Waals surface area contributed by atoms with Crippen LogP contribution < -0.4 is 0 Å². The van der Waals surface area contributed by atoms with Gasteiger partial charge in [-0.2, -0.15) is 0 Å². The lowest BCUT2D eigenvalue weighted by molar-refractivity contribution is -0.154. The van der Waals surface area contributed by atoms with Gasteiger partial charge in [0.05, 0.1) is 26.4 Å². The third kappa shape index (κ3) is 42.6. The Kier molecular flexibility index (Phi) is 42.2. The van der Waals surface area contributed by atoms with Crippen LogP contribution in [0.2, 0.25) is 0 Å². The number of aliphatic hydroxyl groups is 2. The van der Waals surface area contributed by atoms with Crippen molar-refractivity contribution in [1.29, 1.82) is 0 Å². The largest absolute Gasteiger partial charge is 0.472 e. The fourth-order valence-electron chi connectivity index (χ4n) is 6.65. The van der Waals surface area contributed by atoms with Crippen molar-refractivity contribution in [3.05, 3.63) is 12.2 Å². The standard InChI is InChI=1S/C45H89O9P/c1-3-5-7-9-11-13-15-17-18-19-20-21-22-23-24-25-27-29-31-33-35-37-45(48)54-44(42-53-55(49,50)52-40-43(47)39-46)41-51-38-36-34-32-30-28-26-16-14-12-10-8-6-4-2/h12,14,43-44,46-47H,3-11,13,15-42H2,1-2H3,(H,49,50)/b14-12-. The lowest BCUT2D eigenvalue weighted by Crippen LogP contribution is -2.29. The van der Waals surface area contributed by atoms with Crippen LogP contribution in [0.3, 0.4) is 0 Å². The second kappa shape index (κ2) is 42.8. The number of carbonyl (C=O) groups excluding carboxylic acids is 1. The molecular formula is C45H89O9P. The Labute approximate surface area is 339 Å². The van der Waals surface area contributed by atoms with Crippen molar-refractivity contribution >= 4 is 13.8 Å². The minimum atomic E-state index is -4.51. The number of allylic oxidation sites excluding steroid dienone is 2. The molecule has 0 radical (unpaired) electrons. The SMILES string of the molecule is CCCCC/C=C\CCCCCCCCOCC(COP(=O)(O)OCC(O)CO)OC(=O)CCCCCCCCCCCCCCCCCCCCCCC. The quantitative estimate of drug-likeness (QED) is 0.0238. The molecule has 0 aromatic heterocycles.